The number of hydrogen-bond acceptors (Lipinski definition) is 4. The van der Waals surface area contributed by atoms with E-state index in [0.717, 1.165) is 46.4 Å². The van der Waals surface area contributed by atoms with E-state index in [9.17, 15) is 4.79 Å². The third kappa shape index (κ3) is 3.87. The number of nitrogens with one attached hydrogen (secondary N) is 1. The molecule has 3 aromatic rings. The van der Waals surface area contributed by atoms with Gasteiger partial charge in [-0.15, -0.1) is 0 Å². The van der Waals surface area contributed by atoms with Crippen molar-refractivity contribution in [3.63, 3.8) is 0 Å². The average Bonchev–Trinajstić information content (AvgIpc) is 2.69. The summed E-state index contributed by atoms with van der Waals surface area (Å²) in [6.07, 6.45) is 3.88. The largest absolute Gasteiger partial charge is 0.354 e. The molecule has 3 heterocycles. The quantitative estimate of drug-likeness (QED) is 0.601. The minimum atomic E-state index is 0.0288. The van der Waals surface area contributed by atoms with Crippen molar-refractivity contribution in [2.45, 2.75) is 26.7 Å². The minimum absolute atomic E-state index is 0.0288. The monoisotopic (exact) mass is 438 g/mol. The van der Waals surface area contributed by atoms with Crippen LogP contribution in [0.4, 0.5) is 11.4 Å². The lowest BCUT2D eigenvalue weighted by atomic mass is 9.99. The lowest BCUT2D eigenvalue weighted by Gasteiger charge is -2.31. The Balaban J connectivity index is 1.79. The first kappa shape index (κ1) is 18.9. The molecule has 0 saturated carbocycles. The molecular weight excluding hydrogens is 416 g/mol. The zero-order chi connectivity index (χ0) is 19.7. The highest BCUT2D eigenvalue weighted by Gasteiger charge is 2.25. The van der Waals surface area contributed by atoms with Crippen LogP contribution in [0.3, 0.4) is 0 Å². The van der Waals surface area contributed by atoms with E-state index in [1.54, 1.807) is 6.20 Å². The summed E-state index contributed by atoms with van der Waals surface area (Å²) in [6, 6.07) is 11.9. The molecule has 1 N–H and O–H groups in total. The van der Waals surface area contributed by atoms with E-state index in [1.807, 2.05) is 48.2 Å². The van der Waals surface area contributed by atoms with Crippen molar-refractivity contribution in [2.24, 2.45) is 5.92 Å². The number of piperidine rings is 1. The van der Waals surface area contributed by atoms with Gasteiger partial charge in [0.25, 0.3) is 5.91 Å². The molecule has 5 nitrogen and oxygen atoms in total. The molecule has 6 heteroatoms. The van der Waals surface area contributed by atoms with Crippen LogP contribution in [0.2, 0.25) is 0 Å². The predicted molar refractivity (Wildman–Crippen MR) is 116 cm³/mol. The number of benzene rings is 1. The molecule has 1 aliphatic rings. The van der Waals surface area contributed by atoms with Gasteiger partial charge in [-0.05, 0) is 62.1 Å². The Labute approximate surface area is 173 Å². The molecule has 0 unspecified atom stereocenters. The summed E-state index contributed by atoms with van der Waals surface area (Å²) in [5.74, 6) is 0.555. The lowest BCUT2D eigenvalue weighted by molar-refractivity contribution is 0.0684. The van der Waals surface area contributed by atoms with Crippen LogP contribution in [-0.4, -0.2) is 33.9 Å². The number of amides is 1. The van der Waals surface area contributed by atoms with E-state index < -0.39 is 0 Å². The fraction of sp³-hybridized carbons (Fsp3) is 0.318. The third-order valence-corrected chi connectivity index (χ3v) is 5.69. The second-order valence-corrected chi connectivity index (χ2v) is 8.42. The molecule has 2 aromatic heterocycles. The summed E-state index contributed by atoms with van der Waals surface area (Å²) in [5.41, 5.74) is 3.82. The van der Waals surface area contributed by atoms with Crippen molar-refractivity contribution in [3.05, 3.63) is 58.3 Å². The molecule has 1 amide bonds. The smallest absolute Gasteiger partial charge is 0.257 e. The Morgan fingerprint density at radius 1 is 1.21 bits per heavy atom. The Morgan fingerprint density at radius 2 is 2.00 bits per heavy atom. The van der Waals surface area contributed by atoms with Crippen LogP contribution in [0.25, 0.3) is 11.0 Å². The van der Waals surface area contributed by atoms with Gasteiger partial charge < -0.3 is 10.2 Å². The van der Waals surface area contributed by atoms with E-state index in [0.29, 0.717) is 17.1 Å². The molecule has 1 aliphatic heterocycles. The van der Waals surface area contributed by atoms with Crippen molar-refractivity contribution >= 4 is 44.2 Å². The molecule has 0 bridgehead atoms. The van der Waals surface area contributed by atoms with Gasteiger partial charge in [0.2, 0.25) is 0 Å². The van der Waals surface area contributed by atoms with Crippen molar-refractivity contribution in [2.75, 3.05) is 18.4 Å². The summed E-state index contributed by atoms with van der Waals surface area (Å²) in [4.78, 5) is 24.3. The second kappa shape index (κ2) is 7.87. The van der Waals surface area contributed by atoms with E-state index in [4.69, 9.17) is 0 Å². The molecule has 4 rings (SSSR count). The van der Waals surface area contributed by atoms with Crippen LogP contribution in [0, 0.1) is 12.8 Å². The van der Waals surface area contributed by atoms with Crippen molar-refractivity contribution in [1.29, 1.82) is 0 Å². The van der Waals surface area contributed by atoms with Crippen LogP contribution >= 0.6 is 15.9 Å². The van der Waals surface area contributed by atoms with Crippen LogP contribution in [0.1, 0.15) is 35.8 Å². The number of halogens is 1. The first-order valence-corrected chi connectivity index (χ1v) is 10.4. The van der Waals surface area contributed by atoms with E-state index in [1.165, 1.54) is 6.42 Å². The number of fused-ring (bicyclic) bond motifs is 1. The maximum Gasteiger partial charge on any atom is 0.257 e. The van der Waals surface area contributed by atoms with E-state index in [-0.39, 0.29) is 5.91 Å². The van der Waals surface area contributed by atoms with Gasteiger partial charge in [0.05, 0.1) is 11.3 Å². The Hall–Kier alpha value is -2.47. The van der Waals surface area contributed by atoms with Crippen molar-refractivity contribution < 1.29 is 4.79 Å². The number of pyridine rings is 2. The molecule has 0 radical (unpaired) electrons. The van der Waals surface area contributed by atoms with Crippen LogP contribution in [-0.2, 0) is 0 Å². The molecular formula is C22H23BrN4O. The maximum atomic E-state index is 13.3. The summed E-state index contributed by atoms with van der Waals surface area (Å²) in [6.45, 7) is 5.73. The van der Waals surface area contributed by atoms with Crippen LogP contribution < -0.4 is 5.32 Å². The van der Waals surface area contributed by atoms with Gasteiger partial charge >= 0.3 is 0 Å². The fourth-order valence-corrected chi connectivity index (χ4v) is 3.95. The van der Waals surface area contributed by atoms with Gasteiger partial charge in [0.1, 0.15) is 0 Å². The highest BCUT2D eigenvalue weighted by atomic mass is 79.9. The number of aryl methyl sites for hydroxylation is 1. The van der Waals surface area contributed by atoms with Gasteiger partial charge in [0, 0.05) is 40.5 Å². The van der Waals surface area contributed by atoms with Gasteiger partial charge in [-0.1, -0.05) is 22.9 Å². The molecule has 0 aliphatic carbocycles. The summed E-state index contributed by atoms with van der Waals surface area (Å²) in [7, 11) is 0. The standard InChI is InChI=1S/C22H23BrN4O/c1-14-4-3-11-27(13-14)22(28)19-12-24-21-18(10-5-15(2)25-21)20(19)26-17-8-6-16(23)7-9-17/h5-10,12,14H,3-4,11,13H2,1-2H3,(H,24,25,26)/t14-/m0/s1. The first-order chi connectivity index (χ1) is 13.5. The highest BCUT2D eigenvalue weighted by Crippen LogP contribution is 2.31. The van der Waals surface area contributed by atoms with Crippen LogP contribution in [0.5, 0.6) is 0 Å². The molecule has 1 atom stereocenters. The number of likely N-dealkylation sites (tertiary alicyclic amines) is 1. The number of rotatable bonds is 3. The Morgan fingerprint density at radius 3 is 2.75 bits per heavy atom. The minimum Gasteiger partial charge on any atom is -0.354 e. The van der Waals surface area contributed by atoms with Crippen LogP contribution in [0.15, 0.2) is 47.1 Å². The third-order valence-electron chi connectivity index (χ3n) is 5.16. The number of aromatic nitrogens is 2. The molecule has 28 heavy (non-hydrogen) atoms. The van der Waals surface area contributed by atoms with Gasteiger partial charge in [-0.25, -0.2) is 9.97 Å². The number of carbonyl (C=O) groups excluding carboxylic acids is 1. The molecule has 144 valence electrons. The normalized spacial score (nSPS) is 17.0. The van der Waals surface area contributed by atoms with E-state index in [2.05, 4.69) is 38.1 Å². The number of anilines is 2. The second-order valence-electron chi connectivity index (χ2n) is 7.50. The van der Waals surface area contributed by atoms with Crippen molar-refractivity contribution in [3.8, 4) is 0 Å². The summed E-state index contributed by atoms with van der Waals surface area (Å²) >= 11 is 3.47. The SMILES string of the molecule is Cc1ccc2c(Nc3ccc(Br)cc3)c(C(=O)N3CCC[C@H](C)C3)cnc2n1. The molecule has 0 spiro atoms. The summed E-state index contributed by atoms with van der Waals surface area (Å²) in [5, 5.41) is 4.30. The average molecular weight is 439 g/mol. The number of nitrogens with zero attached hydrogens (tertiary/aromatic N) is 3. The number of hydrogen-bond donors (Lipinski definition) is 1. The van der Waals surface area contributed by atoms with Gasteiger partial charge in [0.15, 0.2) is 5.65 Å². The van der Waals surface area contributed by atoms with Gasteiger partial charge in [-0.2, -0.15) is 0 Å². The highest BCUT2D eigenvalue weighted by molar-refractivity contribution is 9.10. The topological polar surface area (TPSA) is 58.1 Å². The van der Waals surface area contributed by atoms with Gasteiger partial charge in [-0.3, -0.25) is 4.79 Å². The summed E-state index contributed by atoms with van der Waals surface area (Å²) < 4.78 is 1.01. The first-order valence-electron chi connectivity index (χ1n) is 9.59. The Bertz CT molecular complexity index is 1020. The molecule has 1 saturated heterocycles. The Kier molecular flexibility index (Phi) is 5.31. The lowest BCUT2D eigenvalue weighted by Crippen LogP contribution is -2.39. The number of carbonyl (C=O) groups is 1. The van der Waals surface area contributed by atoms with E-state index >= 15 is 0 Å². The fourth-order valence-electron chi connectivity index (χ4n) is 3.69. The zero-order valence-electron chi connectivity index (χ0n) is 16.1. The molecule has 1 fully saturated rings. The van der Waals surface area contributed by atoms with Crippen molar-refractivity contribution in [1.82, 2.24) is 14.9 Å². The maximum absolute atomic E-state index is 13.3. The molecule has 1 aromatic carbocycles. The zero-order valence-corrected chi connectivity index (χ0v) is 17.7. The predicted octanol–water partition coefficient (Wildman–Crippen LogP) is 5.32.